The molecule has 0 aliphatic rings. The van der Waals surface area contributed by atoms with Gasteiger partial charge in [0.05, 0.1) is 23.0 Å². The molecule has 0 aliphatic carbocycles. The van der Waals surface area contributed by atoms with Crippen molar-refractivity contribution in [3.8, 4) is 17.5 Å². The molecule has 3 aromatic rings. The van der Waals surface area contributed by atoms with Crippen LogP contribution in [0.15, 0.2) is 42.7 Å². The highest BCUT2D eigenvalue weighted by Crippen LogP contribution is 2.25. The third-order valence-corrected chi connectivity index (χ3v) is 3.41. The summed E-state index contributed by atoms with van der Waals surface area (Å²) < 4.78 is 0. The van der Waals surface area contributed by atoms with E-state index in [0.29, 0.717) is 0 Å². The van der Waals surface area contributed by atoms with Crippen molar-refractivity contribution in [3.05, 3.63) is 48.3 Å². The third kappa shape index (κ3) is 2.14. The lowest BCUT2D eigenvalue weighted by molar-refractivity contribution is 0.819. The van der Waals surface area contributed by atoms with Crippen LogP contribution in [0.1, 0.15) is 24.8 Å². The van der Waals surface area contributed by atoms with E-state index in [1.807, 2.05) is 37.3 Å². The predicted octanol–water partition coefficient (Wildman–Crippen LogP) is 3.64. The van der Waals surface area contributed by atoms with Crippen LogP contribution in [0.25, 0.3) is 22.4 Å². The molecule has 0 fully saturated rings. The Balaban J connectivity index is 2.06. The maximum absolute atomic E-state index is 9.15. The van der Waals surface area contributed by atoms with Gasteiger partial charge < -0.3 is 4.98 Å². The number of imidazole rings is 1. The average molecular weight is 262 g/mol. The van der Waals surface area contributed by atoms with Gasteiger partial charge in [-0.15, -0.1) is 0 Å². The molecule has 4 heteroatoms. The molecular weight excluding hydrogens is 248 g/mol. The minimum Gasteiger partial charge on any atom is -0.338 e. The lowest BCUT2D eigenvalue weighted by atomic mass is 9.98. The molecule has 1 unspecified atom stereocenters. The molecule has 0 saturated heterocycles. The number of H-pyrrole nitrogens is 1. The molecule has 1 atom stereocenters. The molecule has 0 aliphatic heterocycles. The van der Waals surface area contributed by atoms with Crippen LogP contribution in [0, 0.1) is 11.3 Å². The van der Waals surface area contributed by atoms with E-state index < -0.39 is 0 Å². The molecule has 2 aromatic heterocycles. The van der Waals surface area contributed by atoms with E-state index in [2.05, 4.69) is 21.0 Å². The molecular formula is C16H14N4. The summed E-state index contributed by atoms with van der Waals surface area (Å²) >= 11 is 0. The lowest BCUT2D eigenvalue weighted by Crippen LogP contribution is -1.92. The Morgan fingerprint density at radius 3 is 2.95 bits per heavy atom. The van der Waals surface area contributed by atoms with Gasteiger partial charge in [-0.3, -0.25) is 4.98 Å². The number of hydrogen-bond donors (Lipinski definition) is 1. The van der Waals surface area contributed by atoms with E-state index in [1.165, 1.54) is 0 Å². The quantitative estimate of drug-likeness (QED) is 0.783. The van der Waals surface area contributed by atoms with Crippen LogP contribution in [-0.4, -0.2) is 15.0 Å². The van der Waals surface area contributed by atoms with E-state index in [4.69, 9.17) is 5.26 Å². The van der Waals surface area contributed by atoms with Crippen molar-refractivity contribution in [2.75, 3.05) is 0 Å². The maximum Gasteiger partial charge on any atom is 0.140 e. The van der Waals surface area contributed by atoms with Crippen LogP contribution in [-0.2, 0) is 0 Å². The predicted molar refractivity (Wildman–Crippen MR) is 78.0 cm³/mol. The van der Waals surface area contributed by atoms with Crippen molar-refractivity contribution in [3.63, 3.8) is 0 Å². The zero-order valence-corrected chi connectivity index (χ0v) is 11.2. The first-order valence-corrected chi connectivity index (χ1v) is 6.61. The molecule has 0 bridgehead atoms. The Morgan fingerprint density at radius 1 is 1.35 bits per heavy atom. The number of rotatable bonds is 3. The van der Waals surface area contributed by atoms with E-state index in [1.54, 1.807) is 12.4 Å². The monoisotopic (exact) mass is 262 g/mol. The highest BCUT2D eigenvalue weighted by Gasteiger charge is 2.11. The Bertz CT molecular complexity index is 768. The first kappa shape index (κ1) is 12.4. The number of nitriles is 1. The Kier molecular flexibility index (Phi) is 3.18. The highest BCUT2D eigenvalue weighted by molar-refractivity contribution is 5.80. The summed E-state index contributed by atoms with van der Waals surface area (Å²) in [6, 6.07) is 12.1. The number of hydrogen-bond acceptors (Lipinski definition) is 3. The summed E-state index contributed by atoms with van der Waals surface area (Å²) in [5, 5.41) is 9.15. The molecule has 2 heterocycles. The highest BCUT2D eigenvalue weighted by atomic mass is 14.9. The molecule has 98 valence electrons. The summed E-state index contributed by atoms with van der Waals surface area (Å²) in [4.78, 5) is 12.0. The minimum absolute atomic E-state index is 0.0652. The Hall–Kier alpha value is -2.67. The number of nitrogens with one attached hydrogen (secondary N) is 1. The van der Waals surface area contributed by atoms with Crippen molar-refractivity contribution >= 4 is 11.0 Å². The van der Waals surface area contributed by atoms with Crippen LogP contribution < -0.4 is 0 Å². The minimum atomic E-state index is -0.0652. The van der Waals surface area contributed by atoms with Crippen molar-refractivity contribution in [2.24, 2.45) is 0 Å². The van der Waals surface area contributed by atoms with E-state index in [9.17, 15) is 0 Å². The van der Waals surface area contributed by atoms with Gasteiger partial charge in [-0.2, -0.15) is 5.26 Å². The maximum atomic E-state index is 9.15. The van der Waals surface area contributed by atoms with Gasteiger partial charge in [-0.05, 0) is 36.2 Å². The summed E-state index contributed by atoms with van der Waals surface area (Å²) in [5.41, 5.74) is 3.84. The van der Waals surface area contributed by atoms with E-state index in [-0.39, 0.29) is 5.92 Å². The van der Waals surface area contributed by atoms with Gasteiger partial charge in [-0.25, -0.2) is 4.98 Å². The smallest absolute Gasteiger partial charge is 0.140 e. The average Bonchev–Trinajstić information content (AvgIpc) is 2.93. The van der Waals surface area contributed by atoms with Crippen LogP contribution in [0.5, 0.6) is 0 Å². The SMILES string of the molecule is CCC(C#N)c1ccc2nc(-c3cccnc3)[nH]c2c1. The first-order valence-electron chi connectivity index (χ1n) is 6.61. The number of fused-ring (bicyclic) bond motifs is 1. The topological polar surface area (TPSA) is 65.4 Å². The fourth-order valence-corrected chi connectivity index (χ4v) is 2.29. The van der Waals surface area contributed by atoms with Crippen molar-refractivity contribution in [1.82, 2.24) is 15.0 Å². The van der Waals surface area contributed by atoms with Crippen molar-refractivity contribution < 1.29 is 0 Å². The zero-order chi connectivity index (χ0) is 13.9. The van der Waals surface area contributed by atoms with Crippen molar-refractivity contribution in [1.29, 1.82) is 5.26 Å². The fourth-order valence-electron chi connectivity index (χ4n) is 2.29. The summed E-state index contributed by atoms with van der Waals surface area (Å²) in [5.74, 6) is 0.736. The van der Waals surface area contributed by atoms with Crippen LogP contribution in [0.4, 0.5) is 0 Å². The first-order chi connectivity index (χ1) is 9.81. The standard InChI is InChI=1S/C16H14N4/c1-2-11(9-17)12-5-6-14-15(8-12)20-16(19-14)13-4-3-7-18-10-13/h3-8,10-11H,2H2,1H3,(H,19,20). The molecule has 20 heavy (non-hydrogen) atoms. The Morgan fingerprint density at radius 2 is 2.25 bits per heavy atom. The number of aromatic amines is 1. The van der Waals surface area contributed by atoms with Gasteiger partial charge in [0.15, 0.2) is 0 Å². The number of aromatic nitrogens is 3. The molecule has 0 amide bonds. The molecule has 3 rings (SSSR count). The summed E-state index contributed by atoms with van der Waals surface area (Å²) in [7, 11) is 0. The zero-order valence-electron chi connectivity index (χ0n) is 11.2. The molecule has 0 saturated carbocycles. The molecule has 4 nitrogen and oxygen atoms in total. The molecule has 0 spiro atoms. The van der Waals surface area contributed by atoms with Crippen LogP contribution in [0.3, 0.4) is 0 Å². The normalized spacial score (nSPS) is 12.2. The molecule has 1 aromatic carbocycles. The fraction of sp³-hybridized carbons (Fsp3) is 0.188. The second-order valence-electron chi connectivity index (χ2n) is 4.69. The molecule has 1 N–H and O–H groups in total. The Labute approximate surface area is 117 Å². The summed E-state index contributed by atoms with van der Waals surface area (Å²) in [6.07, 6.45) is 4.33. The summed E-state index contributed by atoms with van der Waals surface area (Å²) in [6.45, 7) is 2.02. The van der Waals surface area contributed by atoms with Gasteiger partial charge in [0.1, 0.15) is 5.82 Å². The number of pyridine rings is 1. The van der Waals surface area contributed by atoms with Gasteiger partial charge in [0.2, 0.25) is 0 Å². The van der Waals surface area contributed by atoms with E-state index in [0.717, 1.165) is 34.4 Å². The second kappa shape index (κ2) is 5.14. The number of benzene rings is 1. The largest absolute Gasteiger partial charge is 0.338 e. The van der Waals surface area contributed by atoms with Crippen LogP contribution >= 0.6 is 0 Å². The second-order valence-corrected chi connectivity index (χ2v) is 4.69. The van der Waals surface area contributed by atoms with Gasteiger partial charge in [0, 0.05) is 18.0 Å². The third-order valence-electron chi connectivity index (χ3n) is 3.41. The number of nitrogens with zero attached hydrogens (tertiary/aromatic N) is 3. The van der Waals surface area contributed by atoms with Gasteiger partial charge in [-0.1, -0.05) is 13.0 Å². The van der Waals surface area contributed by atoms with Gasteiger partial charge >= 0.3 is 0 Å². The van der Waals surface area contributed by atoms with Crippen molar-refractivity contribution in [2.45, 2.75) is 19.3 Å². The van der Waals surface area contributed by atoms with Gasteiger partial charge in [0.25, 0.3) is 0 Å². The van der Waals surface area contributed by atoms with E-state index >= 15 is 0 Å². The molecule has 0 radical (unpaired) electrons. The lowest BCUT2D eigenvalue weighted by Gasteiger charge is -2.05. The van der Waals surface area contributed by atoms with Crippen LogP contribution in [0.2, 0.25) is 0 Å².